The minimum absolute atomic E-state index is 0.194. The third kappa shape index (κ3) is 3.90. The number of nitrogens with zero attached hydrogens (tertiary/aromatic N) is 3. The van der Waals surface area contributed by atoms with Crippen molar-refractivity contribution in [3.8, 4) is 5.75 Å². The Morgan fingerprint density at radius 1 is 1.32 bits per heavy atom. The number of carbonyl (C=O) groups is 1. The van der Waals surface area contributed by atoms with Gasteiger partial charge in [0.2, 0.25) is 0 Å². The van der Waals surface area contributed by atoms with Gasteiger partial charge in [-0.05, 0) is 39.4 Å². The molecule has 1 aliphatic heterocycles. The Morgan fingerprint density at radius 3 is 2.74 bits per heavy atom. The number of aromatic amines is 1. The molecule has 31 heavy (non-hydrogen) atoms. The van der Waals surface area contributed by atoms with Crippen LogP contribution in [0.25, 0.3) is 16.6 Å². The van der Waals surface area contributed by atoms with Gasteiger partial charge in [0.1, 0.15) is 29.3 Å². The summed E-state index contributed by atoms with van der Waals surface area (Å²) < 4.78 is 18.4. The Kier molecular flexibility index (Phi) is 5.97. The van der Waals surface area contributed by atoms with E-state index in [-0.39, 0.29) is 11.5 Å². The lowest BCUT2D eigenvalue weighted by Crippen LogP contribution is -2.21. The Morgan fingerprint density at radius 2 is 2.06 bits per heavy atom. The molecule has 9 nitrogen and oxygen atoms in total. The molecule has 1 aromatic carbocycles. The van der Waals surface area contributed by atoms with Crippen LogP contribution in [-0.4, -0.2) is 72.8 Å². The molecular weight excluding hydrogens is 400 g/mol. The number of benzene rings is 1. The van der Waals surface area contributed by atoms with Crippen LogP contribution in [0.2, 0.25) is 0 Å². The molecule has 4 rings (SSSR count). The monoisotopic (exact) mass is 428 g/mol. The number of imidazole rings is 1. The first-order valence-corrected chi connectivity index (χ1v) is 10.4. The number of carbonyl (C=O) groups excluding carboxylic acids is 1. The van der Waals surface area contributed by atoms with Crippen LogP contribution >= 0.6 is 0 Å². The number of nitrogens with one attached hydrogen (secondary N) is 1. The summed E-state index contributed by atoms with van der Waals surface area (Å²) >= 11 is 0. The van der Waals surface area contributed by atoms with Gasteiger partial charge in [0, 0.05) is 31.7 Å². The topological polar surface area (TPSA) is 98.2 Å². The highest BCUT2D eigenvalue weighted by molar-refractivity contribution is 6.00. The van der Waals surface area contributed by atoms with Gasteiger partial charge in [-0.2, -0.15) is 0 Å². The lowest BCUT2D eigenvalue weighted by Gasteiger charge is -2.22. The lowest BCUT2D eigenvalue weighted by atomic mass is 9.99. The average Bonchev–Trinajstić information content (AvgIpc) is 3.21. The van der Waals surface area contributed by atoms with E-state index in [4.69, 9.17) is 14.2 Å². The lowest BCUT2D eigenvalue weighted by molar-refractivity contribution is 0.0595. The Labute approximate surface area is 179 Å². The zero-order chi connectivity index (χ0) is 22.1. The molecule has 0 saturated carbocycles. The van der Waals surface area contributed by atoms with Crippen molar-refractivity contribution >= 4 is 22.5 Å². The zero-order valence-corrected chi connectivity index (χ0v) is 18.4. The quantitative estimate of drug-likeness (QED) is 0.601. The van der Waals surface area contributed by atoms with Crippen LogP contribution in [-0.2, 0) is 9.47 Å². The van der Waals surface area contributed by atoms with E-state index in [1.807, 2.05) is 23.4 Å². The second-order valence-corrected chi connectivity index (χ2v) is 8.09. The van der Waals surface area contributed by atoms with E-state index < -0.39 is 5.97 Å². The van der Waals surface area contributed by atoms with Crippen molar-refractivity contribution < 1.29 is 19.0 Å². The normalized spacial score (nSPS) is 15.1. The standard InChI is InChI=1S/C22H28N4O5/c1-13-18(22(28)29-4)17(31-10-7-25(2)3)11-15-19(13)24-21(27)16-12-23-20(26(15)16)14-5-8-30-9-6-14/h11-12,14H,5-10H2,1-4H3,(H,24,27). The van der Waals surface area contributed by atoms with Crippen LogP contribution in [0.5, 0.6) is 5.75 Å². The fraction of sp³-hybridized carbons (Fsp3) is 0.500. The summed E-state index contributed by atoms with van der Waals surface area (Å²) in [6.07, 6.45) is 3.30. The Bertz CT molecular complexity index is 1170. The molecule has 0 spiro atoms. The average molecular weight is 428 g/mol. The van der Waals surface area contributed by atoms with E-state index in [9.17, 15) is 9.59 Å². The van der Waals surface area contributed by atoms with E-state index in [2.05, 4.69) is 9.97 Å². The number of rotatable bonds is 6. The van der Waals surface area contributed by atoms with Gasteiger partial charge < -0.3 is 24.1 Å². The van der Waals surface area contributed by atoms with Crippen LogP contribution in [0.1, 0.15) is 40.5 Å². The highest BCUT2D eigenvalue weighted by Gasteiger charge is 2.25. The number of hydrogen-bond donors (Lipinski definition) is 1. The molecule has 3 aromatic rings. The summed E-state index contributed by atoms with van der Waals surface area (Å²) in [6.45, 7) is 4.23. The van der Waals surface area contributed by atoms with Gasteiger partial charge in [-0.25, -0.2) is 9.78 Å². The molecule has 0 radical (unpaired) electrons. The molecule has 0 atom stereocenters. The minimum Gasteiger partial charge on any atom is -0.491 e. The number of aromatic nitrogens is 3. The molecule has 1 N–H and O–H groups in total. The maximum absolute atomic E-state index is 12.8. The SMILES string of the molecule is COC(=O)c1c(OCCN(C)C)cc2c([nH]c(=O)c3cnc(C4CCOCC4)n32)c1C. The van der Waals surface area contributed by atoms with Crippen molar-refractivity contribution in [1.82, 2.24) is 19.3 Å². The van der Waals surface area contributed by atoms with Gasteiger partial charge in [-0.1, -0.05) is 0 Å². The molecule has 1 aliphatic rings. The number of hydrogen-bond acceptors (Lipinski definition) is 7. The number of fused-ring (bicyclic) bond motifs is 3. The fourth-order valence-electron chi connectivity index (χ4n) is 4.11. The molecule has 0 amide bonds. The molecule has 1 saturated heterocycles. The Balaban J connectivity index is 1.96. The van der Waals surface area contributed by atoms with E-state index in [0.717, 1.165) is 24.2 Å². The predicted octanol–water partition coefficient (Wildman–Crippen LogP) is 2.11. The van der Waals surface area contributed by atoms with Gasteiger partial charge in [0.25, 0.3) is 5.56 Å². The van der Waals surface area contributed by atoms with Crippen LogP contribution in [0.4, 0.5) is 0 Å². The summed E-state index contributed by atoms with van der Waals surface area (Å²) in [7, 11) is 5.24. The Hall–Kier alpha value is -2.91. The highest BCUT2D eigenvalue weighted by Crippen LogP contribution is 2.33. The highest BCUT2D eigenvalue weighted by atomic mass is 16.5. The smallest absolute Gasteiger partial charge is 0.341 e. The van der Waals surface area contributed by atoms with Crippen molar-refractivity contribution in [2.24, 2.45) is 0 Å². The van der Waals surface area contributed by atoms with Crippen LogP contribution in [0.3, 0.4) is 0 Å². The molecule has 1 fully saturated rings. The van der Waals surface area contributed by atoms with Crippen molar-refractivity contribution in [3.05, 3.63) is 39.6 Å². The maximum atomic E-state index is 12.8. The van der Waals surface area contributed by atoms with Gasteiger partial charge >= 0.3 is 5.97 Å². The van der Waals surface area contributed by atoms with E-state index in [1.54, 1.807) is 19.2 Å². The maximum Gasteiger partial charge on any atom is 0.341 e. The number of aryl methyl sites for hydroxylation is 1. The first-order valence-electron chi connectivity index (χ1n) is 10.4. The molecule has 166 valence electrons. The molecule has 0 aliphatic carbocycles. The van der Waals surface area contributed by atoms with Crippen LogP contribution in [0, 0.1) is 6.92 Å². The molecule has 3 heterocycles. The molecule has 0 unspecified atom stereocenters. The molecular formula is C22H28N4O5. The second-order valence-electron chi connectivity index (χ2n) is 8.09. The number of likely N-dealkylation sites (N-methyl/N-ethyl adjacent to an activating group) is 1. The van der Waals surface area contributed by atoms with Gasteiger partial charge in [0.15, 0.2) is 0 Å². The largest absolute Gasteiger partial charge is 0.491 e. The van der Waals surface area contributed by atoms with Crippen molar-refractivity contribution in [2.45, 2.75) is 25.7 Å². The van der Waals surface area contributed by atoms with Crippen LogP contribution in [0.15, 0.2) is 17.1 Å². The van der Waals surface area contributed by atoms with Gasteiger partial charge in [-0.3, -0.25) is 9.20 Å². The summed E-state index contributed by atoms with van der Waals surface area (Å²) in [6, 6.07) is 1.80. The number of methoxy groups -OCH3 is 1. The van der Waals surface area contributed by atoms with Gasteiger partial charge in [-0.15, -0.1) is 0 Å². The van der Waals surface area contributed by atoms with E-state index >= 15 is 0 Å². The van der Waals surface area contributed by atoms with E-state index in [0.29, 0.717) is 54.3 Å². The number of H-pyrrole nitrogens is 1. The summed E-state index contributed by atoms with van der Waals surface area (Å²) in [5.41, 5.74) is 2.46. The zero-order valence-electron chi connectivity index (χ0n) is 18.4. The third-order valence-corrected chi connectivity index (χ3v) is 5.79. The predicted molar refractivity (Wildman–Crippen MR) is 116 cm³/mol. The van der Waals surface area contributed by atoms with Crippen molar-refractivity contribution in [2.75, 3.05) is 47.6 Å². The van der Waals surface area contributed by atoms with E-state index in [1.165, 1.54) is 7.11 Å². The third-order valence-electron chi connectivity index (χ3n) is 5.79. The number of ether oxygens (including phenoxy) is 3. The summed E-state index contributed by atoms with van der Waals surface area (Å²) in [5.74, 6) is 0.952. The molecule has 2 aromatic heterocycles. The minimum atomic E-state index is -0.504. The molecule has 9 heteroatoms. The first-order chi connectivity index (χ1) is 14.9. The first kappa shape index (κ1) is 21.3. The number of esters is 1. The van der Waals surface area contributed by atoms with Crippen molar-refractivity contribution in [1.29, 1.82) is 0 Å². The molecule has 0 bridgehead atoms. The summed E-state index contributed by atoms with van der Waals surface area (Å²) in [4.78, 5) is 34.9. The summed E-state index contributed by atoms with van der Waals surface area (Å²) in [5, 5.41) is 0. The second kappa shape index (κ2) is 8.68. The van der Waals surface area contributed by atoms with Gasteiger partial charge in [0.05, 0.1) is 24.3 Å². The van der Waals surface area contributed by atoms with Crippen molar-refractivity contribution in [3.63, 3.8) is 0 Å². The van der Waals surface area contributed by atoms with Crippen LogP contribution < -0.4 is 10.3 Å². The fourth-order valence-corrected chi connectivity index (χ4v) is 4.11.